The van der Waals surface area contributed by atoms with Crippen molar-refractivity contribution in [1.29, 1.82) is 0 Å². The third-order valence-corrected chi connectivity index (χ3v) is 3.40. The quantitative estimate of drug-likeness (QED) is 0.282. The van der Waals surface area contributed by atoms with E-state index in [0.717, 1.165) is 0 Å². The van der Waals surface area contributed by atoms with E-state index in [2.05, 4.69) is 10.1 Å². The summed E-state index contributed by atoms with van der Waals surface area (Å²) in [6.45, 7) is 0. The number of halogens is 1. The summed E-state index contributed by atoms with van der Waals surface area (Å²) in [6, 6.07) is 7.04. The first-order chi connectivity index (χ1) is 12.0. The highest BCUT2D eigenvalue weighted by molar-refractivity contribution is 6.32. The molecule has 0 amide bonds. The molecule has 0 saturated carbocycles. The molecule has 3 aromatic rings. The fraction of sp³-hybridized carbons (Fsp3) is 0.133. The van der Waals surface area contributed by atoms with Crippen LogP contribution in [0, 0.1) is 10.1 Å². The van der Waals surface area contributed by atoms with Gasteiger partial charge in [0.1, 0.15) is 10.8 Å². The summed E-state index contributed by atoms with van der Waals surface area (Å²) in [7, 11) is 0. The number of benzene rings is 1. The Morgan fingerprint density at radius 2 is 2.20 bits per heavy atom. The molecule has 0 atom stereocenters. The Balaban J connectivity index is 1.56. The molecule has 128 valence electrons. The second kappa shape index (κ2) is 7.14. The van der Waals surface area contributed by atoms with Crippen molar-refractivity contribution in [2.24, 2.45) is 0 Å². The average Bonchev–Trinajstić information content (AvgIpc) is 3.24. The molecule has 0 fully saturated rings. The Morgan fingerprint density at radius 1 is 1.36 bits per heavy atom. The van der Waals surface area contributed by atoms with Crippen LogP contribution >= 0.6 is 11.6 Å². The highest BCUT2D eigenvalue weighted by atomic mass is 35.5. The molecule has 0 aliphatic rings. The van der Waals surface area contributed by atoms with Gasteiger partial charge in [-0.1, -0.05) is 16.8 Å². The number of furan rings is 1. The number of aryl methyl sites for hydroxylation is 1. The number of ether oxygens (including phenoxy) is 1. The van der Waals surface area contributed by atoms with Crippen LogP contribution in [0.4, 0.5) is 5.69 Å². The smallest absolute Gasteiger partial charge is 0.311 e. The molecular weight excluding hydrogens is 354 g/mol. The van der Waals surface area contributed by atoms with Gasteiger partial charge in [-0.2, -0.15) is 4.98 Å². The third kappa shape index (κ3) is 4.01. The van der Waals surface area contributed by atoms with Gasteiger partial charge < -0.3 is 13.7 Å². The van der Waals surface area contributed by atoms with Crippen molar-refractivity contribution in [3.63, 3.8) is 0 Å². The van der Waals surface area contributed by atoms with Crippen molar-refractivity contribution < 1.29 is 23.4 Å². The van der Waals surface area contributed by atoms with Gasteiger partial charge in [-0.25, -0.2) is 0 Å². The van der Waals surface area contributed by atoms with Crippen LogP contribution in [-0.2, 0) is 11.2 Å². The molecule has 3 rings (SSSR count). The van der Waals surface area contributed by atoms with Crippen molar-refractivity contribution in [3.05, 3.63) is 57.6 Å². The normalized spacial score (nSPS) is 10.6. The van der Waals surface area contributed by atoms with Gasteiger partial charge in [0.25, 0.3) is 5.69 Å². The maximum Gasteiger partial charge on any atom is 0.311 e. The minimum absolute atomic E-state index is 0.0194. The topological polar surface area (TPSA) is 122 Å². The van der Waals surface area contributed by atoms with Crippen molar-refractivity contribution in [2.45, 2.75) is 12.8 Å². The highest BCUT2D eigenvalue weighted by Crippen LogP contribution is 2.28. The van der Waals surface area contributed by atoms with Crippen molar-refractivity contribution in [1.82, 2.24) is 10.1 Å². The van der Waals surface area contributed by atoms with Gasteiger partial charge >= 0.3 is 5.97 Å². The fourth-order valence-corrected chi connectivity index (χ4v) is 2.19. The molecule has 0 N–H and O–H groups in total. The second-order valence-corrected chi connectivity index (χ2v) is 5.24. The molecule has 2 heterocycles. The lowest BCUT2D eigenvalue weighted by Crippen LogP contribution is -2.09. The number of esters is 1. The number of rotatable bonds is 6. The molecule has 1 aromatic carbocycles. The van der Waals surface area contributed by atoms with Gasteiger partial charge in [0.2, 0.25) is 11.7 Å². The maximum atomic E-state index is 11.8. The number of carbonyl (C=O) groups excluding carboxylic acids is 1. The molecule has 0 aliphatic heterocycles. The number of hydrogen-bond acceptors (Lipinski definition) is 8. The number of nitrogens with zero attached hydrogens (tertiary/aromatic N) is 3. The summed E-state index contributed by atoms with van der Waals surface area (Å²) >= 11 is 5.76. The highest BCUT2D eigenvalue weighted by Gasteiger charge is 2.16. The SMILES string of the molecule is O=C(CCc1nc(-c2ccco2)no1)Oc1ccc([N+](=O)[O-])c(Cl)c1. The predicted octanol–water partition coefficient (Wildman–Crippen LogP) is 3.43. The first-order valence-electron chi connectivity index (χ1n) is 7.04. The lowest BCUT2D eigenvalue weighted by Gasteiger charge is -2.03. The first kappa shape index (κ1) is 16.7. The summed E-state index contributed by atoms with van der Waals surface area (Å²) in [5.41, 5.74) is -0.266. The van der Waals surface area contributed by atoms with E-state index in [1.807, 2.05) is 0 Å². The van der Waals surface area contributed by atoms with E-state index in [1.54, 1.807) is 12.1 Å². The van der Waals surface area contributed by atoms with E-state index in [-0.39, 0.29) is 41.0 Å². The predicted molar refractivity (Wildman–Crippen MR) is 84.1 cm³/mol. The number of hydrogen-bond donors (Lipinski definition) is 0. The molecule has 0 saturated heterocycles. The number of nitro benzene ring substituents is 1. The van der Waals surface area contributed by atoms with Crippen LogP contribution in [-0.4, -0.2) is 21.0 Å². The Labute approximate surface area is 145 Å². The Kier molecular flexibility index (Phi) is 4.75. The Bertz CT molecular complexity index is 906. The average molecular weight is 364 g/mol. The van der Waals surface area contributed by atoms with Crippen LogP contribution in [0.15, 0.2) is 45.5 Å². The van der Waals surface area contributed by atoms with Gasteiger partial charge in [0, 0.05) is 18.6 Å². The van der Waals surface area contributed by atoms with Crippen LogP contribution in [0.5, 0.6) is 5.75 Å². The molecule has 0 spiro atoms. The molecular formula is C15H10ClN3O6. The summed E-state index contributed by atoms with van der Waals surface area (Å²) < 4.78 is 15.2. The number of aromatic nitrogens is 2. The molecule has 0 radical (unpaired) electrons. The van der Waals surface area contributed by atoms with E-state index in [1.165, 1.54) is 24.5 Å². The summed E-state index contributed by atoms with van der Waals surface area (Å²) in [6.07, 6.45) is 1.64. The van der Waals surface area contributed by atoms with E-state index in [9.17, 15) is 14.9 Å². The Morgan fingerprint density at radius 3 is 2.88 bits per heavy atom. The molecule has 0 bridgehead atoms. The van der Waals surface area contributed by atoms with Crippen LogP contribution < -0.4 is 4.74 Å². The van der Waals surface area contributed by atoms with E-state index in [4.69, 9.17) is 25.3 Å². The van der Waals surface area contributed by atoms with Crippen molar-refractivity contribution >= 4 is 23.3 Å². The third-order valence-electron chi connectivity index (χ3n) is 3.10. The molecule has 0 aliphatic carbocycles. The van der Waals surface area contributed by atoms with Crippen molar-refractivity contribution in [2.75, 3.05) is 0 Å². The van der Waals surface area contributed by atoms with Gasteiger partial charge in [0.05, 0.1) is 17.6 Å². The van der Waals surface area contributed by atoms with Crippen LogP contribution in [0.2, 0.25) is 5.02 Å². The minimum Gasteiger partial charge on any atom is -0.461 e. The summed E-state index contributed by atoms with van der Waals surface area (Å²) in [5.74, 6) is 0.545. The van der Waals surface area contributed by atoms with Gasteiger partial charge in [0.15, 0.2) is 5.76 Å². The lowest BCUT2D eigenvalue weighted by molar-refractivity contribution is -0.384. The second-order valence-electron chi connectivity index (χ2n) is 4.83. The molecule has 9 nitrogen and oxygen atoms in total. The monoisotopic (exact) mass is 363 g/mol. The molecule has 10 heteroatoms. The lowest BCUT2D eigenvalue weighted by atomic mass is 10.3. The van der Waals surface area contributed by atoms with Gasteiger partial charge in [-0.15, -0.1) is 0 Å². The van der Waals surface area contributed by atoms with Gasteiger partial charge in [-0.3, -0.25) is 14.9 Å². The van der Waals surface area contributed by atoms with Crippen LogP contribution in [0.1, 0.15) is 12.3 Å². The molecule has 2 aromatic heterocycles. The Hall–Kier alpha value is -3.20. The molecule has 25 heavy (non-hydrogen) atoms. The standard InChI is InChI=1S/C15H10ClN3O6/c16-10-8-9(3-4-11(10)19(21)22)24-14(20)6-5-13-17-15(18-25-13)12-2-1-7-23-12/h1-4,7-8H,5-6H2. The largest absolute Gasteiger partial charge is 0.461 e. The minimum atomic E-state index is -0.625. The number of carbonyl (C=O) groups is 1. The van der Waals surface area contributed by atoms with Crippen LogP contribution in [0.25, 0.3) is 11.6 Å². The zero-order chi connectivity index (χ0) is 17.8. The molecule has 0 unspecified atom stereocenters. The van der Waals surface area contributed by atoms with E-state index >= 15 is 0 Å². The summed E-state index contributed by atoms with van der Waals surface area (Å²) in [4.78, 5) is 26.0. The first-order valence-corrected chi connectivity index (χ1v) is 7.42. The van der Waals surface area contributed by atoms with Crippen LogP contribution in [0.3, 0.4) is 0 Å². The van der Waals surface area contributed by atoms with Gasteiger partial charge in [-0.05, 0) is 18.2 Å². The maximum absolute atomic E-state index is 11.8. The van der Waals surface area contributed by atoms with E-state index in [0.29, 0.717) is 5.76 Å². The van der Waals surface area contributed by atoms with E-state index < -0.39 is 10.9 Å². The fourth-order valence-electron chi connectivity index (χ4n) is 1.95. The van der Waals surface area contributed by atoms with Crippen molar-refractivity contribution in [3.8, 4) is 17.3 Å². The zero-order valence-corrected chi connectivity index (χ0v) is 13.3. The summed E-state index contributed by atoms with van der Waals surface area (Å²) in [5, 5.41) is 14.3. The zero-order valence-electron chi connectivity index (χ0n) is 12.5. The number of nitro groups is 1.